The minimum Gasteiger partial charge on any atom is -0.295 e. The van der Waals surface area contributed by atoms with E-state index in [0.29, 0.717) is 11.8 Å². The molecule has 3 nitrogen and oxygen atoms in total. The van der Waals surface area contributed by atoms with Gasteiger partial charge in [0.1, 0.15) is 0 Å². The Hall–Kier alpha value is -1.35. The van der Waals surface area contributed by atoms with Gasteiger partial charge in [-0.1, -0.05) is 31.5 Å². The van der Waals surface area contributed by atoms with E-state index in [1.165, 1.54) is 18.4 Å². The molecule has 0 radical (unpaired) electrons. The summed E-state index contributed by atoms with van der Waals surface area (Å²) in [6.45, 7) is 7.57. The standard InChI is InChI=1S/C18H26N2O/c1-13(2)12-16-18(21)20(15-9-7-14(3)8-10-15)17-6-4-5-11-19(16)17/h7-10,13,16-17H,4-6,11-12H2,1-3H3/t16-,17-/m0/s1. The van der Waals surface area contributed by atoms with Crippen LogP contribution in [-0.4, -0.2) is 29.6 Å². The van der Waals surface area contributed by atoms with Crippen molar-refractivity contribution >= 4 is 11.6 Å². The number of piperidine rings is 1. The number of benzene rings is 1. The molecule has 1 amide bonds. The molecule has 1 aromatic carbocycles. The van der Waals surface area contributed by atoms with Crippen molar-refractivity contribution in [3.05, 3.63) is 29.8 Å². The lowest BCUT2D eigenvalue weighted by molar-refractivity contribution is -0.120. The molecule has 2 aliphatic rings. The fourth-order valence-electron chi connectivity index (χ4n) is 3.71. The van der Waals surface area contributed by atoms with Gasteiger partial charge in [0.25, 0.3) is 0 Å². The first-order valence-corrected chi connectivity index (χ1v) is 8.23. The number of hydrogen-bond acceptors (Lipinski definition) is 2. The Bertz CT molecular complexity index is 508. The Balaban J connectivity index is 1.92. The van der Waals surface area contributed by atoms with Gasteiger partial charge in [0.2, 0.25) is 5.91 Å². The van der Waals surface area contributed by atoms with Crippen LogP contribution in [0.1, 0.15) is 45.1 Å². The molecule has 1 aromatic rings. The molecule has 0 saturated carbocycles. The van der Waals surface area contributed by atoms with E-state index in [4.69, 9.17) is 0 Å². The molecule has 2 fully saturated rings. The molecule has 2 saturated heterocycles. The van der Waals surface area contributed by atoms with Crippen LogP contribution in [0.5, 0.6) is 0 Å². The van der Waals surface area contributed by atoms with Gasteiger partial charge in [0.05, 0.1) is 12.2 Å². The van der Waals surface area contributed by atoms with Crippen LogP contribution in [0.15, 0.2) is 24.3 Å². The molecular weight excluding hydrogens is 260 g/mol. The largest absolute Gasteiger partial charge is 0.295 e. The molecule has 3 rings (SSSR count). The van der Waals surface area contributed by atoms with Gasteiger partial charge >= 0.3 is 0 Å². The van der Waals surface area contributed by atoms with Gasteiger partial charge in [-0.25, -0.2) is 0 Å². The zero-order chi connectivity index (χ0) is 15.0. The van der Waals surface area contributed by atoms with Crippen molar-refractivity contribution in [2.45, 2.75) is 58.7 Å². The number of anilines is 1. The molecule has 2 atom stereocenters. The van der Waals surface area contributed by atoms with E-state index in [2.05, 4.69) is 54.8 Å². The predicted molar refractivity (Wildman–Crippen MR) is 86.3 cm³/mol. The van der Waals surface area contributed by atoms with E-state index < -0.39 is 0 Å². The van der Waals surface area contributed by atoms with E-state index in [9.17, 15) is 4.79 Å². The second-order valence-corrected chi connectivity index (χ2v) is 6.90. The minimum atomic E-state index is 0.0802. The minimum absolute atomic E-state index is 0.0802. The van der Waals surface area contributed by atoms with Crippen molar-refractivity contribution in [2.75, 3.05) is 11.4 Å². The van der Waals surface area contributed by atoms with E-state index in [1.807, 2.05) is 0 Å². The summed E-state index contributed by atoms with van der Waals surface area (Å²) in [4.78, 5) is 17.5. The molecule has 21 heavy (non-hydrogen) atoms. The lowest BCUT2D eigenvalue weighted by Crippen LogP contribution is -2.44. The lowest BCUT2D eigenvalue weighted by atomic mass is 10.0. The Kier molecular flexibility index (Phi) is 4.03. The Morgan fingerprint density at radius 3 is 2.57 bits per heavy atom. The highest BCUT2D eigenvalue weighted by atomic mass is 16.2. The van der Waals surface area contributed by atoms with Gasteiger partial charge in [-0.2, -0.15) is 0 Å². The third kappa shape index (κ3) is 2.71. The molecule has 0 N–H and O–H groups in total. The lowest BCUT2D eigenvalue weighted by Gasteiger charge is -2.35. The van der Waals surface area contributed by atoms with Crippen LogP contribution >= 0.6 is 0 Å². The fourth-order valence-corrected chi connectivity index (χ4v) is 3.71. The number of hydrogen-bond donors (Lipinski definition) is 0. The summed E-state index contributed by atoms with van der Waals surface area (Å²) in [7, 11) is 0. The van der Waals surface area contributed by atoms with Gasteiger partial charge in [-0.15, -0.1) is 0 Å². The van der Waals surface area contributed by atoms with Crippen LogP contribution < -0.4 is 4.90 Å². The van der Waals surface area contributed by atoms with Crippen LogP contribution in [-0.2, 0) is 4.79 Å². The number of fused-ring (bicyclic) bond motifs is 1. The number of rotatable bonds is 3. The summed E-state index contributed by atoms with van der Waals surface area (Å²) >= 11 is 0. The van der Waals surface area contributed by atoms with Gasteiger partial charge < -0.3 is 0 Å². The molecule has 114 valence electrons. The third-order valence-corrected chi connectivity index (χ3v) is 4.74. The molecule has 0 spiro atoms. The van der Waals surface area contributed by atoms with Crippen molar-refractivity contribution in [1.82, 2.24) is 4.90 Å². The maximum absolute atomic E-state index is 13.0. The molecule has 0 unspecified atom stereocenters. The second kappa shape index (κ2) is 5.80. The van der Waals surface area contributed by atoms with E-state index in [-0.39, 0.29) is 12.2 Å². The van der Waals surface area contributed by atoms with Gasteiger partial charge in [-0.05, 0) is 50.7 Å². The Morgan fingerprint density at radius 2 is 1.90 bits per heavy atom. The maximum atomic E-state index is 13.0. The summed E-state index contributed by atoms with van der Waals surface area (Å²) in [6, 6.07) is 8.48. The number of carbonyl (C=O) groups is 1. The van der Waals surface area contributed by atoms with Crippen LogP contribution in [0, 0.1) is 12.8 Å². The topological polar surface area (TPSA) is 23.6 Å². The highest BCUT2D eigenvalue weighted by Gasteiger charge is 2.47. The predicted octanol–water partition coefficient (Wildman–Crippen LogP) is 3.57. The van der Waals surface area contributed by atoms with E-state index >= 15 is 0 Å². The summed E-state index contributed by atoms with van der Waals surface area (Å²) < 4.78 is 0. The summed E-state index contributed by atoms with van der Waals surface area (Å²) in [5.41, 5.74) is 2.30. The number of aryl methyl sites for hydroxylation is 1. The molecule has 0 aliphatic carbocycles. The van der Waals surface area contributed by atoms with Crippen LogP contribution in [0.2, 0.25) is 0 Å². The summed E-state index contributed by atoms with van der Waals surface area (Å²) in [5, 5.41) is 0. The highest BCUT2D eigenvalue weighted by Crippen LogP contribution is 2.36. The van der Waals surface area contributed by atoms with Crippen molar-refractivity contribution in [2.24, 2.45) is 5.92 Å². The number of amides is 1. The van der Waals surface area contributed by atoms with Crippen molar-refractivity contribution in [1.29, 1.82) is 0 Å². The zero-order valence-corrected chi connectivity index (χ0v) is 13.4. The molecule has 0 bridgehead atoms. The maximum Gasteiger partial charge on any atom is 0.245 e. The Labute approximate surface area is 127 Å². The number of nitrogens with zero attached hydrogens (tertiary/aromatic N) is 2. The summed E-state index contributed by atoms with van der Waals surface area (Å²) in [6.07, 6.45) is 4.80. The van der Waals surface area contributed by atoms with E-state index in [1.54, 1.807) is 0 Å². The molecule has 2 aliphatic heterocycles. The van der Waals surface area contributed by atoms with Gasteiger partial charge in [-0.3, -0.25) is 14.6 Å². The van der Waals surface area contributed by atoms with Gasteiger partial charge in [0, 0.05) is 12.2 Å². The quantitative estimate of drug-likeness (QED) is 0.848. The first kappa shape index (κ1) is 14.6. The van der Waals surface area contributed by atoms with Crippen LogP contribution in [0.3, 0.4) is 0 Å². The smallest absolute Gasteiger partial charge is 0.245 e. The van der Waals surface area contributed by atoms with Crippen molar-refractivity contribution < 1.29 is 4.79 Å². The van der Waals surface area contributed by atoms with E-state index in [0.717, 1.165) is 25.1 Å². The first-order valence-electron chi connectivity index (χ1n) is 8.23. The van der Waals surface area contributed by atoms with Gasteiger partial charge in [0.15, 0.2) is 0 Å². The molecule has 3 heteroatoms. The average Bonchev–Trinajstić information content (AvgIpc) is 2.73. The van der Waals surface area contributed by atoms with Crippen molar-refractivity contribution in [3.8, 4) is 0 Å². The highest BCUT2D eigenvalue weighted by molar-refractivity contribution is 6.00. The SMILES string of the molecule is Cc1ccc(N2C(=O)[C@H](CC(C)C)N3CCCC[C@H]23)cc1. The first-order chi connectivity index (χ1) is 10.1. The molecule has 2 heterocycles. The summed E-state index contributed by atoms with van der Waals surface area (Å²) in [5.74, 6) is 0.860. The zero-order valence-electron chi connectivity index (χ0n) is 13.4. The normalized spacial score (nSPS) is 26.5. The second-order valence-electron chi connectivity index (χ2n) is 6.90. The fraction of sp³-hybridized carbons (Fsp3) is 0.611. The van der Waals surface area contributed by atoms with Crippen molar-refractivity contribution in [3.63, 3.8) is 0 Å². The molecule has 0 aromatic heterocycles. The van der Waals surface area contributed by atoms with Crippen LogP contribution in [0.25, 0.3) is 0 Å². The van der Waals surface area contributed by atoms with Crippen LogP contribution in [0.4, 0.5) is 5.69 Å². The number of carbonyl (C=O) groups excluding carboxylic acids is 1. The monoisotopic (exact) mass is 286 g/mol. The Morgan fingerprint density at radius 1 is 1.19 bits per heavy atom. The molecular formula is C18H26N2O. The third-order valence-electron chi connectivity index (χ3n) is 4.74. The average molecular weight is 286 g/mol.